The van der Waals surface area contributed by atoms with E-state index in [0.717, 1.165) is 10.5 Å². The summed E-state index contributed by atoms with van der Waals surface area (Å²) in [7, 11) is 3.08. The first-order valence-corrected chi connectivity index (χ1v) is 7.78. The van der Waals surface area contributed by atoms with E-state index in [9.17, 15) is 10.1 Å². The number of nitrogens with zero attached hydrogens (tertiary/aromatic N) is 1. The second kappa shape index (κ2) is 7.73. The maximum atomic E-state index is 11.0. The minimum absolute atomic E-state index is 0.214. The summed E-state index contributed by atoms with van der Waals surface area (Å²) >= 11 is 1.37. The van der Waals surface area contributed by atoms with Crippen molar-refractivity contribution < 1.29 is 14.4 Å². The molecule has 23 heavy (non-hydrogen) atoms. The molecule has 0 aromatic heterocycles. The van der Waals surface area contributed by atoms with Gasteiger partial charge in [-0.1, -0.05) is 18.2 Å². The highest BCUT2D eigenvalue weighted by Crippen LogP contribution is 2.40. The smallest absolute Gasteiger partial charge is 0.220 e. The van der Waals surface area contributed by atoms with Crippen LogP contribution in [0.5, 0.6) is 11.5 Å². The van der Waals surface area contributed by atoms with E-state index in [1.807, 2.05) is 24.3 Å². The average Bonchev–Trinajstić information content (AvgIpc) is 2.55. The SMILES string of the molecule is COc1ccc(C(C[N+](=O)[O-])Sc2ccccc2N)cc1OC. The van der Waals surface area contributed by atoms with Crippen LogP contribution < -0.4 is 15.2 Å². The fourth-order valence-corrected chi connectivity index (χ4v) is 3.29. The zero-order chi connectivity index (χ0) is 16.8. The summed E-state index contributed by atoms with van der Waals surface area (Å²) in [5.74, 6) is 1.13. The number of benzene rings is 2. The van der Waals surface area contributed by atoms with E-state index in [-0.39, 0.29) is 16.7 Å². The first kappa shape index (κ1) is 17.0. The molecule has 6 nitrogen and oxygen atoms in total. The Hall–Kier alpha value is -2.41. The zero-order valence-corrected chi connectivity index (χ0v) is 13.7. The van der Waals surface area contributed by atoms with Gasteiger partial charge in [0.25, 0.3) is 0 Å². The molecule has 2 rings (SSSR count). The van der Waals surface area contributed by atoms with Crippen LogP contribution in [-0.2, 0) is 0 Å². The highest BCUT2D eigenvalue weighted by molar-refractivity contribution is 7.99. The van der Waals surface area contributed by atoms with Gasteiger partial charge in [0.2, 0.25) is 6.54 Å². The standard InChI is InChI=1S/C16H18N2O4S/c1-21-13-8-7-11(9-14(13)22-2)16(10-18(19)20)23-15-6-4-3-5-12(15)17/h3-9,16H,10,17H2,1-2H3. The van der Waals surface area contributed by atoms with Gasteiger partial charge in [-0.3, -0.25) is 10.1 Å². The van der Waals surface area contributed by atoms with Crippen LogP contribution in [0.25, 0.3) is 0 Å². The predicted molar refractivity (Wildman–Crippen MR) is 90.9 cm³/mol. The van der Waals surface area contributed by atoms with Crippen molar-refractivity contribution >= 4 is 17.4 Å². The summed E-state index contributed by atoms with van der Waals surface area (Å²) in [4.78, 5) is 11.5. The van der Waals surface area contributed by atoms with Crippen LogP contribution in [0.3, 0.4) is 0 Å². The van der Waals surface area contributed by atoms with Gasteiger partial charge in [0, 0.05) is 15.5 Å². The van der Waals surface area contributed by atoms with Gasteiger partial charge in [-0.05, 0) is 29.8 Å². The Morgan fingerprint density at radius 3 is 2.48 bits per heavy atom. The molecule has 7 heteroatoms. The Morgan fingerprint density at radius 2 is 1.87 bits per heavy atom. The number of nitrogens with two attached hydrogens (primary N) is 1. The molecule has 0 spiro atoms. The van der Waals surface area contributed by atoms with Crippen LogP contribution in [0.4, 0.5) is 5.69 Å². The number of nitrogen functional groups attached to an aromatic ring is 1. The Morgan fingerprint density at radius 1 is 1.17 bits per heavy atom. The zero-order valence-electron chi connectivity index (χ0n) is 12.9. The predicted octanol–water partition coefficient (Wildman–Crippen LogP) is 3.40. The molecule has 122 valence electrons. The maximum Gasteiger partial charge on any atom is 0.220 e. The average molecular weight is 334 g/mol. The van der Waals surface area contributed by atoms with Gasteiger partial charge in [-0.2, -0.15) is 0 Å². The van der Waals surface area contributed by atoms with E-state index in [2.05, 4.69) is 0 Å². The van der Waals surface area contributed by atoms with E-state index in [1.165, 1.54) is 18.9 Å². The van der Waals surface area contributed by atoms with Crippen molar-refractivity contribution in [2.24, 2.45) is 0 Å². The first-order chi connectivity index (χ1) is 11.0. The van der Waals surface area contributed by atoms with Gasteiger partial charge in [0.1, 0.15) is 0 Å². The van der Waals surface area contributed by atoms with E-state index >= 15 is 0 Å². The summed E-state index contributed by atoms with van der Waals surface area (Å²) in [5, 5.41) is 10.7. The number of nitro groups is 1. The lowest BCUT2D eigenvalue weighted by atomic mass is 10.1. The molecule has 0 bridgehead atoms. The normalized spacial score (nSPS) is 11.7. The number of hydrogen-bond acceptors (Lipinski definition) is 6. The number of hydrogen-bond donors (Lipinski definition) is 1. The van der Waals surface area contributed by atoms with Crippen LogP contribution in [-0.4, -0.2) is 25.7 Å². The lowest BCUT2D eigenvalue weighted by molar-refractivity contribution is -0.479. The third kappa shape index (κ3) is 4.29. The molecule has 2 aromatic rings. The first-order valence-electron chi connectivity index (χ1n) is 6.90. The fourth-order valence-electron chi connectivity index (χ4n) is 2.14. The van der Waals surface area contributed by atoms with Crippen LogP contribution in [0, 0.1) is 10.1 Å². The van der Waals surface area contributed by atoms with Gasteiger partial charge < -0.3 is 15.2 Å². The number of para-hydroxylation sites is 1. The van der Waals surface area contributed by atoms with Gasteiger partial charge in [0.05, 0.1) is 19.5 Å². The Balaban J connectivity index is 2.35. The Kier molecular flexibility index (Phi) is 5.70. The number of thioether (sulfide) groups is 1. The molecule has 0 amide bonds. The molecule has 0 heterocycles. The third-order valence-electron chi connectivity index (χ3n) is 3.28. The largest absolute Gasteiger partial charge is 0.493 e. The van der Waals surface area contributed by atoms with E-state index in [4.69, 9.17) is 15.2 Å². The Labute approximate surface area is 138 Å². The van der Waals surface area contributed by atoms with Crippen molar-refractivity contribution in [1.29, 1.82) is 0 Å². The highest BCUT2D eigenvalue weighted by Gasteiger charge is 2.22. The van der Waals surface area contributed by atoms with Crippen LogP contribution in [0.1, 0.15) is 10.8 Å². The highest BCUT2D eigenvalue weighted by atomic mass is 32.2. The molecule has 0 saturated heterocycles. The molecule has 0 fully saturated rings. The van der Waals surface area contributed by atoms with Crippen LogP contribution in [0.15, 0.2) is 47.4 Å². The topological polar surface area (TPSA) is 87.6 Å². The molecule has 1 atom stereocenters. The molecule has 1 unspecified atom stereocenters. The third-order valence-corrected chi connectivity index (χ3v) is 4.61. The minimum Gasteiger partial charge on any atom is -0.493 e. The molecule has 0 aliphatic heterocycles. The molecule has 0 radical (unpaired) electrons. The number of rotatable bonds is 7. The Bertz CT molecular complexity index is 694. The second-order valence-electron chi connectivity index (χ2n) is 4.77. The van der Waals surface area contributed by atoms with E-state index in [0.29, 0.717) is 17.2 Å². The molecular weight excluding hydrogens is 316 g/mol. The van der Waals surface area contributed by atoms with Gasteiger partial charge in [-0.15, -0.1) is 11.8 Å². The van der Waals surface area contributed by atoms with Crippen molar-refractivity contribution in [3.63, 3.8) is 0 Å². The lowest BCUT2D eigenvalue weighted by Crippen LogP contribution is -2.10. The van der Waals surface area contributed by atoms with Crippen molar-refractivity contribution in [2.75, 3.05) is 26.5 Å². The molecule has 0 aliphatic carbocycles. The van der Waals surface area contributed by atoms with Crippen molar-refractivity contribution in [2.45, 2.75) is 10.1 Å². The summed E-state index contributed by atoms with van der Waals surface area (Å²) in [5.41, 5.74) is 7.33. The quantitative estimate of drug-likeness (QED) is 0.361. The number of methoxy groups -OCH3 is 2. The van der Waals surface area contributed by atoms with Crippen molar-refractivity contribution in [3.8, 4) is 11.5 Å². The fraction of sp³-hybridized carbons (Fsp3) is 0.250. The molecule has 0 saturated carbocycles. The molecule has 2 N–H and O–H groups in total. The molecule has 0 aliphatic rings. The van der Waals surface area contributed by atoms with Crippen molar-refractivity contribution in [3.05, 3.63) is 58.1 Å². The summed E-state index contributed by atoms with van der Waals surface area (Å²) in [6, 6.07) is 12.6. The van der Waals surface area contributed by atoms with E-state index in [1.54, 1.807) is 25.3 Å². The number of ether oxygens (including phenoxy) is 2. The van der Waals surface area contributed by atoms with Gasteiger partial charge in [-0.25, -0.2) is 0 Å². The summed E-state index contributed by atoms with van der Waals surface area (Å²) in [6.07, 6.45) is 0. The van der Waals surface area contributed by atoms with Crippen LogP contribution in [0.2, 0.25) is 0 Å². The number of anilines is 1. The minimum atomic E-state index is -0.380. The van der Waals surface area contributed by atoms with Gasteiger partial charge >= 0.3 is 0 Å². The second-order valence-corrected chi connectivity index (χ2v) is 6.02. The van der Waals surface area contributed by atoms with E-state index < -0.39 is 0 Å². The summed E-state index contributed by atoms with van der Waals surface area (Å²) < 4.78 is 10.5. The van der Waals surface area contributed by atoms with Crippen molar-refractivity contribution in [1.82, 2.24) is 0 Å². The van der Waals surface area contributed by atoms with Gasteiger partial charge in [0.15, 0.2) is 11.5 Å². The maximum absolute atomic E-state index is 11.0. The molecule has 2 aromatic carbocycles. The lowest BCUT2D eigenvalue weighted by Gasteiger charge is -2.16. The summed E-state index contributed by atoms with van der Waals surface area (Å²) in [6.45, 7) is -0.214. The monoisotopic (exact) mass is 334 g/mol. The van der Waals surface area contributed by atoms with Crippen LogP contribution >= 0.6 is 11.8 Å². The molecular formula is C16H18N2O4S.